The second-order valence-corrected chi connectivity index (χ2v) is 3.65. The highest BCUT2D eigenvalue weighted by Crippen LogP contribution is 2.15. The highest BCUT2D eigenvalue weighted by molar-refractivity contribution is 5.04. The van der Waals surface area contributed by atoms with Gasteiger partial charge in [-0.2, -0.15) is 0 Å². The van der Waals surface area contributed by atoms with E-state index >= 15 is 0 Å². The van der Waals surface area contributed by atoms with Crippen LogP contribution in [0.5, 0.6) is 0 Å². The molecule has 0 saturated heterocycles. The van der Waals surface area contributed by atoms with Crippen LogP contribution in [0.25, 0.3) is 0 Å². The Morgan fingerprint density at radius 2 is 1.86 bits per heavy atom. The lowest BCUT2D eigenvalue weighted by Gasteiger charge is -2.16. The summed E-state index contributed by atoms with van der Waals surface area (Å²) in [7, 11) is 0. The van der Waals surface area contributed by atoms with Crippen molar-refractivity contribution in [3.05, 3.63) is 11.3 Å². The Balaban J connectivity index is 3.94. The van der Waals surface area contributed by atoms with Crippen molar-refractivity contribution < 1.29 is 20.4 Å². The molecule has 0 bridgehead atoms. The Labute approximate surface area is 84.5 Å². The summed E-state index contributed by atoms with van der Waals surface area (Å²) in [6.07, 6.45) is 0.271. The Morgan fingerprint density at radius 1 is 1.29 bits per heavy atom. The van der Waals surface area contributed by atoms with Gasteiger partial charge in [0.05, 0.1) is 25.1 Å². The first kappa shape index (κ1) is 13.4. The van der Waals surface area contributed by atoms with E-state index in [4.69, 9.17) is 10.2 Å². The second kappa shape index (κ2) is 6.81. The minimum atomic E-state index is -0.739. The molecule has 84 valence electrons. The molecule has 0 aromatic carbocycles. The van der Waals surface area contributed by atoms with Gasteiger partial charge in [-0.15, -0.1) is 0 Å². The summed E-state index contributed by atoms with van der Waals surface area (Å²) >= 11 is 0. The Hall–Kier alpha value is -0.580. The monoisotopic (exact) mass is 204 g/mol. The highest BCUT2D eigenvalue weighted by Gasteiger charge is 2.13. The van der Waals surface area contributed by atoms with E-state index in [0.29, 0.717) is 18.4 Å². The van der Waals surface area contributed by atoms with Crippen LogP contribution in [0.2, 0.25) is 0 Å². The Kier molecular flexibility index (Phi) is 6.53. The van der Waals surface area contributed by atoms with E-state index in [2.05, 4.69) is 0 Å². The normalized spacial score (nSPS) is 17.5. The molecule has 0 fully saturated rings. The number of aliphatic hydroxyl groups excluding tert-OH is 4. The predicted molar refractivity (Wildman–Crippen MR) is 53.9 cm³/mol. The molecule has 0 radical (unpaired) electrons. The number of aliphatic hydroxyl groups is 4. The summed E-state index contributed by atoms with van der Waals surface area (Å²) < 4.78 is 0. The fourth-order valence-corrected chi connectivity index (χ4v) is 1.04. The summed E-state index contributed by atoms with van der Waals surface area (Å²) in [5.74, 6) is 0.109. The van der Waals surface area contributed by atoms with E-state index in [1.807, 2.05) is 6.92 Å². The first-order valence-corrected chi connectivity index (χ1v) is 4.80. The summed E-state index contributed by atoms with van der Waals surface area (Å²) in [4.78, 5) is 0. The molecular weight excluding hydrogens is 184 g/mol. The van der Waals surface area contributed by atoms with Gasteiger partial charge in [-0.1, -0.05) is 6.92 Å². The molecule has 4 heteroatoms. The van der Waals surface area contributed by atoms with Crippen molar-refractivity contribution in [2.75, 3.05) is 13.2 Å². The second-order valence-electron chi connectivity index (χ2n) is 3.65. The van der Waals surface area contributed by atoms with E-state index in [1.54, 1.807) is 6.92 Å². The lowest BCUT2D eigenvalue weighted by Crippen LogP contribution is -2.21. The SMILES string of the molecule is C/C(CO)=C(/O)CCC(C)C(O)CO. The standard InChI is InChI=1S/C10H20O4/c1-7(10(14)6-12)3-4-9(13)8(2)5-11/h7,10-14H,3-6H2,1-2H3/b9-8-. The van der Waals surface area contributed by atoms with Crippen molar-refractivity contribution in [2.24, 2.45) is 5.92 Å². The van der Waals surface area contributed by atoms with Crippen molar-refractivity contribution in [2.45, 2.75) is 32.8 Å². The molecular formula is C10H20O4. The molecule has 0 amide bonds. The summed E-state index contributed by atoms with van der Waals surface area (Å²) in [5, 5.41) is 36.0. The predicted octanol–water partition coefficient (Wildman–Crippen LogP) is 0.580. The Bertz CT molecular complexity index is 189. The molecule has 4 nitrogen and oxygen atoms in total. The van der Waals surface area contributed by atoms with Crippen LogP contribution in [0.3, 0.4) is 0 Å². The molecule has 14 heavy (non-hydrogen) atoms. The van der Waals surface area contributed by atoms with Gasteiger partial charge in [0.25, 0.3) is 0 Å². The molecule has 0 rings (SSSR count). The molecule has 0 heterocycles. The maximum absolute atomic E-state index is 9.40. The number of hydrogen-bond acceptors (Lipinski definition) is 4. The van der Waals surface area contributed by atoms with Gasteiger partial charge in [0.2, 0.25) is 0 Å². The van der Waals surface area contributed by atoms with Crippen molar-refractivity contribution in [3.8, 4) is 0 Å². The van der Waals surface area contributed by atoms with E-state index in [1.165, 1.54) is 0 Å². The van der Waals surface area contributed by atoms with Gasteiger partial charge in [-0.3, -0.25) is 0 Å². The third-order valence-corrected chi connectivity index (χ3v) is 2.41. The van der Waals surface area contributed by atoms with Crippen LogP contribution < -0.4 is 0 Å². The van der Waals surface area contributed by atoms with Crippen molar-refractivity contribution in [1.29, 1.82) is 0 Å². The van der Waals surface area contributed by atoms with E-state index in [9.17, 15) is 10.2 Å². The quantitative estimate of drug-likeness (QED) is 0.477. The minimum absolute atomic E-state index is 0.0614. The molecule has 0 aliphatic carbocycles. The van der Waals surface area contributed by atoms with Crippen LogP contribution in [0.4, 0.5) is 0 Å². The third kappa shape index (κ3) is 4.60. The zero-order chi connectivity index (χ0) is 11.1. The van der Waals surface area contributed by atoms with Crippen LogP contribution in [0.1, 0.15) is 26.7 Å². The summed E-state index contributed by atoms with van der Waals surface area (Å²) in [5.41, 5.74) is 0.552. The fourth-order valence-electron chi connectivity index (χ4n) is 1.04. The average molecular weight is 204 g/mol. The van der Waals surface area contributed by atoms with E-state index < -0.39 is 6.10 Å². The van der Waals surface area contributed by atoms with Gasteiger partial charge in [0, 0.05) is 6.42 Å². The summed E-state index contributed by atoms with van der Waals surface area (Å²) in [6, 6.07) is 0. The van der Waals surface area contributed by atoms with Crippen LogP contribution in [0.15, 0.2) is 11.3 Å². The molecule has 0 aromatic heterocycles. The largest absolute Gasteiger partial charge is 0.512 e. The van der Waals surface area contributed by atoms with Crippen LogP contribution in [0, 0.1) is 5.92 Å². The maximum Gasteiger partial charge on any atom is 0.0934 e. The van der Waals surface area contributed by atoms with Gasteiger partial charge in [0.1, 0.15) is 0 Å². The average Bonchev–Trinajstić information content (AvgIpc) is 2.22. The summed E-state index contributed by atoms with van der Waals surface area (Å²) in [6.45, 7) is 3.05. The van der Waals surface area contributed by atoms with Crippen molar-refractivity contribution in [1.82, 2.24) is 0 Å². The lowest BCUT2D eigenvalue weighted by atomic mass is 9.98. The zero-order valence-corrected chi connectivity index (χ0v) is 8.77. The molecule has 0 spiro atoms. The molecule has 0 aliphatic heterocycles. The lowest BCUT2D eigenvalue weighted by molar-refractivity contribution is 0.0495. The van der Waals surface area contributed by atoms with E-state index in [-0.39, 0.29) is 24.9 Å². The molecule has 4 N–H and O–H groups in total. The third-order valence-electron chi connectivity index (χ3n) is 2.41. The molecule has 0 aromatic rings. The molecule has 2 atom stereocenters. The van der Waals surface area contributed by atoms with Crippen LogP contribution in [-0.2, 0) is 0 Å². The van der Waals surface area contributed by atoms with Crippen LogP contribution in [-0.4, -0.2) is 39.7 Å². The van der Waals surface area contributed by atoms with Gasteiger partial charge < -0.3 is 20.4 Å². The first-order chi connectivity index (χ1) is 6.52. The van der Waals surface area contributed by atoms with Crippen molar-refractivity contribution in [3.63, 3.8) is 0 Å². The van der Waals surface area contributed by atoms with Gasteiger partial charge in [-0.25, -0.2) is 0 Å². The zero-order valence-electron chi connectivity index (χ0n) is 8.77. The molecule has 2 unspecified atom stereocenters. The Morgan fingerprint density at radius 3 is 2.29 bits per heavy atom. The van der Waals surface area contributed by atoms with Gasteiger partial charge in [-0.05, 0) is 24.8 Å². The van der Waals surface area contributed by atoms with Crippen LogP contribution >= 0.6 is 0 Å². The number of rotatable bonds is 6. The number of hydrogen-bond donors (Lipinski definition) is 4. The van der Waals surface area contributed by atoms with Crippen molar-refractivity contribution >= 4 is 0 Å². The minimum Gasteiger partial charge on any atom is -0.512 e. The van der Waals surface area contributed by atoms with Gasteiger partial charge in [0.15, 0.2) is 0 Å². The fraction of sp³-hybridized carbons (Fsp3) is 0.800. The molecule has 0 aliphatic rings. The number of allylic oxidation sites excluding steroid dienone is 1. The smallest absolute Gasteiger partial charge is 0.0934 e. The van der Waals surface area contributed by atoms with E-state index in [0.717, 1.165) is 0 Å². The highest BCUT2D eigenvalue weighted by atomic mass is 16.3. The van der Waals surface area contributed by atoms with Gasteiger partial charge >= 0.3 is 0 Å². The molecule has 0 saturated carbocycles. The topological polar surface area (TPSA) is 80.9 Å². The first-order valence-electron chi connectivity index (χ1n) is 4.80. The maximum atomic E-state index is 9.40.